The topological polar surface area (TPSA) is 61.4 Å². The highest BCUT2D eigenvalue weighted by atomic mass is 35.5. The van der Waals surface area contributed by atoms with Crippen molar-refractivity contribution in [1.82, 2.24) is 15.5 Å². The molecule has 3 rings (SSSR count). The van der Waals surface area contributed by atoms with Crippen molar-refractivity contribution in [2.75, 3.05) is 26.2 Å². The van der Waals surface area contributed by atoms with Crippen LogP contribution in [0.5, 0.6) is 0 Å². The van der Waals surface area contributed by atoms with Crippen LogP contribution in [0, 0.1) is 11.7 Å². The Bertz CT molecular complexity index is 653. The maximum absolute atomic E-state index is 13.6. The Morgan fingerprint density at radius 3 is 2.85 bits per heavy atom. The lowest BCUT2D eigenvalue weighted by molar-refractivity contribution is -0.123. The number of hydrogen-bond acceptors (Lipinski definition) is 3. The van der Waals surface area contributed by atoms with Crippen LogP contribution >= 0.6 is 24.0 Å². The third kappa shape index (κ3) is 4.87. The molecule has 144 valence electrons. The molecule has 0 bridgehead atoms. The fraction of sp³-hybridized carbons (Fsp3) is 0.556. The Labute approximate surface area is 164 Å². The molecule has 2 fully saturated rings. The highest BCUT2D eigenvalue weighted by Crippen LogP contribution is 2.24. The largest absolute Gasteiger partial charge is 0.354 e. The van der Waals surface area contributed by atoms with Crippen LogP contribution in [-0.4, -0.2) is 48.9 Å². The van der Waals surface area contributed by atoms with Crippen LogP contribution in [0.3, 0.4) is 0 Å². The number of benzene rings is 1. The van der Waals surface area contributed by atoms with Gasteiger partial charge in [0.15, 0.2) is 0 Å². The van der Waals surface area contributed by atoms with Crippen molar-refractivity contribution in [2.24, 2.45) is 5.92 Å². The van der Waals surface area contributed by atoms with E-state index in [1.165, 1.54) is 12.1 Å². The van der Waals surface area contributed by atoms with E-state index in [0.29, 0.717) is 19.6 Å². The molecule has 2 unspecified atom stereocenters. The molecule has 0 spiro atoms. The SMILES string of the molecule is Cl.O=C(NCC1CCCN(C(=O)c2cccc(F)c2Cl)C1)C1CCCN1. The van der Waals surface area contributed by atoms with Gasteiger partial charge in [-0.15, -0.1) is 12.4 Å². The van der Waals surface area contributed by atoms with Gasteiger partial charge in [-0.05, 0) is 50.3 Å². The molecule has 2 amide bonds. The van der Waals surface area contributed by atoms with Crippen LogP contribution in [0.25, 0.3) is 0 Å². The standard InChI is InChI=1S/C18H23ClFN3O2.ClH/c19-16-13(5-1-6-14(16)20)18(25)23-9-3-4-12(11-23)10-22-17(24)15-7-2-8-21-15;/h1,5-6,12,15,21H,2-4,7-11H2,(H,22,24);1H. The maximum atomic E-state index is 13.6. The maximum Gasteiger partial charge on any atom is 0.255 e. The van der Waals surface area contributed by atoms with E-state index in [1.807, 2.05) is 0 Å². The van der Waals surface area contributed by atoms with E-state index >= 15 is 0 Å². The van der Waals surface area contributed by atoms with Crippen LogP contribution in [-0.2, 0) is 4.79 Å². The number of piperidine rings is 1. The summed E-state index contributed by atoms with van der Waals surface area (Å²) in [6.07, 6.45) is 3.72. The zero-order valence-electron chi connectivity index (χ0n) is 14.5. The first kappa shape index (κ1) is 20.9. The smallest absolute Gasteiger partial charge is 0.255 e. The summed E-state index contributed by atoms with van der Waals surface area (Å²) < 4.78 is 13.6. The second kappa shape index (κ2) is 9.53. The van der Waals surface area contributed by atoms with E-state index in [0.717, 1.165) is 32.2 Å². The molecule has 2 atom stereocenters. The first-order valence-electron chi connectivity index (χ1n) is 8.80. The quantitative estimate of drug-likeness (QED) is 0.811. The van der Waals surface area contributed by atoms with E-state index < -0.39 is 5.82 Å². The molecule has 1 aromatic rings. The Kier molecular flexibility index (Phi) is 7.68. The molecule has 2 N–H and O–H groups in total. The van der Waals surface area contributed by atoms with Crippen molar-refractivity contribution in [3.05, 3.63) is 34.6 Å². The number of rotatable bonds is 4. The van der Waals surface area contributed by atoms with Gasteiger partial charge in [0.1, 0.15) is 5.82 Å². The van der Waals surface area contributed by atoms with Crippen LogP contribution in [0.2, 0.25) is 5.02 Å². The normalized spacial score (nSPS) is 22.6. The third-order valence-electron chi connectivity index (χ3n) is 4.93. The summed E-state index contributed by atoms with van der Waals surface area (Å²) in [6.45, 7) is 2.61. The minimum Gasteiger partial charge on any atom is -0.354 e. The van der Waals surface area contributed by atoms with E-state index in [-0.39, 0.29) is 46.8 Å². The molecular weight excluding hydrogens is 380 g/mol. The molecule has 26 heavy (non-hydrogen) atoms. The lowest BCUT2D eigenvalue weighted by atomic mass is 9.97. The van der Waals surface area contributed by atoms with Gasteiger partial charge in [-0.25, -0.2) is 4.39 Å². The predicted molar refractivity (Wildman–Crippen MR) is 101 cm³/mol. The molecular formula is C18H24Cl2FN3O2. The second-order valence-electron chi connectivity index (χ2n) is 6.75. The van der Waals surface area contributed by atoms with Crippen LogP contribution in [0.15, 0.2) is 18.2 Å². The molecule has 8 heteroatoms. The van der Waals surface area contributed by atoms with Crippen molar-refractivity contribution < 1.29 is 14.0 Å². The summed E-state index contributed by atoms with van der Waals surface area (Å²) in [5.74, 6) is -0.597. The fourth-order valence-electron chi connectivity index (χ4n) is 3.53. The number of carbonyl (C=O) groups excluding carboxylic acids is 2. The molecule has 0 radical (unpaired) electrons. The highest BCUT2D eigenvalue weighted by molar-refractivity contribution is 6.34. The average molecular weight is 404 g/mol. The second-order valence-corrected chi connectivity index (χ2v) is 7.13. The summed E-state index contributed by atoms with van der Waals surface area (Å²) in [4.78, 5) is 26.4. The molecule has 2 saturated heterocycles. The average Bonchev–Trinajstić information content (AvgIpc) is 3.16. The van der Waals surface area contributed by atoms with Gasteiger partial charge in [0, 0.05) is 19.6 Å². The first-order chi connectivity index (χ1) is 12.1. The van der Waals surface area contributed by atoms with Gasteiger partial charge in [-0.3, -0.25) is 9.59 Å². The Morgan fingerprint density at radius 2 is 2.12 bits per heavy atom. The summed E-state index contributed by atoms with van der Waals surface area (Å²) in [5, 5.41) is 6.04. The number of amides is 2. The van der Waals surface area contributed by atoms with Gasteiger partial charge >= 0.3 is 0 Å². The van der Waals surface area contributed by atoms with Gasteiger partial charge in [-0.1, -0.05) is 17.7 Å². The fourth-order valence-corrected chi connectivity index (χ4v) is 3.74. The zero-order chi connectivity index (χ0) is 17.8. The monoisotopic (exact) mass is 403 g/mol. The molecule has 0 aromatic heterocycles. The van der Waals surface area contributed by atoms with Crippen molar-refractivity contribution in [3.63, 3.8) is 0 Å². The Balaban J connectivity index is 0.00000243. The van der Waals surface area contributed by atoms with Gasteiger partial charge in [0.25, 0.3) is 5.91 Å². The van der Waals surface area contributed by atoms with Crippen LogP contribution in [0.4, 0.5) is 4.39 Å². The molecule has 0 aliphatic carbocycles. The summed E-state index contributed by atoms with van der Waals surface area (Å²) in [6, 6.07) is 4.19. The minimum atomic E-state index is -0.586. The minimum absolute atomic E-state index is 0. The van der Waals surface area contributed by atoms with Crippen molar-refractivity contribution in [2.45, 2.75) is 31.7 Å². The van der Waals surface area contributed by atoms with Crippen molar-refractivity contribution >= 4 is 35.8 Å². The molecule has 1 aromatic carbocycles. The molecule has 2 heterocycles. The van der Waals surface area contributed by atoms with Gasteiger partial charge in [0.2, 0.25) is 5.91 Å². The van der Waals surface area contributed by atoms with E-state index in [2.05, 4.69) is 10.6 Å². The van der Waals surface area contributed by atoms with Gasteiger partial charge in [0.05, 0.1) is 16.6 Å². The zero-order valence-corrected chi connectivity index (χ0v) is 16.0. The van der Waals surface area contributed by atoms with Crippen LogP contribution in [0.1, 0.15) is 36.0 Å². The summed E-state index contributed by atoms with van der Waals surface area (Å²) >= 11 is 5.93. The van der Waals surface area contributed by atoms with E-state index in [4.69, 9.17) is 11.6 Å². The molecule has 5 nitrogen and oxygen atoms in total. The Morgan fingerprint density at radius 1 is 1.31 bits per heavy atom. The number of likely N-dealkylation sites (tertiary alicyclic amines) is 1. The van der Waals surface area contributed by atoms with Crippen molar-refractivity contribution in [1.29, 1.82) is 0 Å². The lowest BCUT2D eigenvalue weighted by Crippen LogP contribution is -2.46. The molecule has 0 saturated carbocycles. The Hall–Kier alpha value is -1.37. The predicted octanol–water partition coefficient (Wildman–Crippen LogP) is 2.62. The highest BCUT2D eigenvalue weighted by Gasteiger charge is 2.28. The molecule has 2 aliphatic rings. The summed E-state index contributed by atoms with van der Waals surface area (Å²) in [5.41, 5.74) is 0.196. The number of carbonyl (C=O) groups is 2. The van der Waals surface area contributed by atoms with Gasteiger partial charge < -0.3 is 15.5 Å². The number of nitrogens with zero attached hydrogens (tertiary/aromatic N) is 1. The number of hydrogen-bond donors (Lipinski definition) is 2. The number of nitrogens with one attached hydrogen (secondary N) is 2. The van der Waals surface area contributed by atoms with Crippen LogP contribution < -0.4 is 10.6 Å². The van der Waals surface area contributed by atoms with Crippen molar-refractivity contribution in [3.8, 4) is 0 Å². The van der Waals surface area contributed by atoms with E-state index in [9.17, 15) is 14.0 Å². The molecule has 2 aliphatic heterocycles. The van der Waals surface area contributed by atoms with Gasteiger partial charge in [-0.2, -0.15) is 0 Å². The summed E-state index contributed by atoms with van der Waals surface area (Å²) in [7, 11) is 0. The first-order valence-corrected chi connectivity index (χ1v) is 9.18. The van der Waals surface area contributed by atoms with E-state index in [1.54, 1.807) is 11.0 Å². The lowest BCUT2D eigenvalue weighted by Gasteiger charge is -2.33. The third-order valence-corrected chi connectivity index (χ3v) is 5.31. The number of halogens is 3.